The molecule has 0 aromatic heterocycles. The second-order valence-electron chi connectivity index (χ2n) is 8.55. The maximum atomic E-state index is 12.0. The minimum Gasteiger partial charge on any atom is -0.496 e. The summed E-state index contributed by atoms with van der Waals surface area (Å²) in [6.07, 6.45) is 7.12. The number of ether oxygens (including phenoxy) is 5. The minimum atomic E-state index is -0.152. The summed E-state index contributed by atoms with van der Waals surface area (Å²) in [4.78, 5) is 31.9. The Morgan fingerprint density at radius 2 is 1.00 bits per heavy atom. The Morgan fingerprint density at radius 1 is 0.619 bits per heavy atom. The number of ketones is 2. The van der Waals surface area contributed by atoms with E-state index in [1.54, 1.807) is 83.1 Å². The summed E-state index contributed by atoms with van der Waals surface area (Å²) in [6, 6.07) is 15.8. The van der Waals surface area contributed by atoms with E-state index in [1.165, 1.54) is 33.1 Å². The van der Waals surface area contributed by atoms with E-state index in [2.05, 4.69) is 0 Å². The average molecular weight is 579 g/mol. The molecule has 0 saturated carbocycles. The molecule has 3 aromatic rings. The zero-order valence-electron chi connectivity index (χ0n) is 25.0. The predicted molar refractivity (Wildman–Crippen MR) is 163 cm³/mol. The van der Waals surface area contributed by atoms with E-state index in [-0.39, 0.29) is 18.2 Å². The minimum absolute atomic E-state index is 0.127. The zero-order valence-corrected chi connectivity index (χ0v) is 25.0. The van der Waals surface area contributed by atoms with Gasteiger partial charge in [0.05, 0.1) is 42.2 Å². The molecule has 0 heterocycles. The second kappa shape index (κ2) is 19.2. The van der Waals surface area contributed by atoms with Crippen LogP contribution in [0.1, 0.15) is 40.9 Å². The van der Waals surface area contributed by atoms with Gasteiger partial charge >= 0.3 is 0 Å². The molecule has 1 N–H and O–H groups in total. The molecule has 9 heteroatoms. The van der Waals surface area contributed by atoms with Gasteiger partial charge in [-0.15, -0.1) is 0 Å². The smallest absolute Gasteiger partial charge is 0.178 e. The van der Waals surface area contributed by atoms with Gasteiger partial charge in [-0.2, -0.15) is 0 Å². The summed E-state index contributed by atoms with van der Waals surface area (Å²) in [5, 5.41) is 9.34. The topological polar surface area (TPSA) is 118 Å². The van der Waals surface area contributed by atoms with Crippen LogP contribution < -0.4 is 23.7 Å². The Morgan fingerprint density at radius 3 is 1.40 bits per heavy atom. The summed E-state index contributed by atoms with van der Waals surface area (Å²) in [5.74, 6) is 3.07. The number of aliphatic hydroxyl groups excluding tert-OH is 1. The second-order valence-corrected chi connectivity index (χ2v) is 8.55. The van der Waals surface area contributed by atoms with Crippen molar-refractivity contribution in [3.63, 3.8) is 0 Å². The van der Waals surface area contributed by atoms with Gasteiger partial charge in [-0.1, -0.05) is 24.3 Å². The summed E-state index contributed by atoms with van der Waals surface area (Å²) in [7, 11) is 7.77. The Bertz CT molecular complexity index is 1300. The van der Waals surface area contributed by atoms with Crippen molar-refractivity contribution in [2.45, 2.75) is 20.5 Å². The quantitative estimate of drug-likeness (QED) is 0.229. The molecule has 3 aromatic carbocycles. The van der Waals surface area contributed by atoms with Crippen LogP contribution in [0.25, 0.3) is 12.2 Å². The van der Waals surface area contributed by atoms with Crippen LogP contribution in [-0.2, 0) is 16.2 Å². The van der Waals surface area contributed by atoms with Crippen molar-refractivity contribution in [1.82, 2.24) is 0 Å². The van der Waals surface area contributed by atoms with Gasteiger partial charge in [-0.3, -0.25) is 9.59 Å². The molecule has 9 nitrogen and oxygen atoms in total. The fourth-order valence-corrected chi connectivity index (χ4v) is 3.32. The van der Waals surface area contributed by atoms with Gasteiger partial charge in [0.15, 0.2) is 28.8 Å². The fraction of sp³-hybridized carbons (Fsp3) is 0.242. The molecule has 0 fully saturated rings. The first-order valence-corrected chi connectivity index (χ1v) is 12.7. The molecule has 0 aliphatic carbocycles. The third-order valence-corrected chi connectivity index (χ3v) is 5.31. The standard InChI is InChI=1S/C21H22O5.C9H10O3.C3H6O/c1-24-19-10-6-15(12-17(19)14-22)4-8-18(23)9-5-16-7-11-20(25-2)21(13-16)26-3;1-11-8-4-3-7(6-10)5-9(8)12-2;1-3(2)4/h4-13,22H,14H2,1-3H3;3-6H,1-2H3;1-2H3/b8-4+,9-5+;;. The largest absolute Gasteiger partial charge is 0.496 e. The third kappa shape index (κ3) is 12.1. The molecule has 0 atom stereocenters. The first-order valence-electron chi connectivity index (χ1n) is 12.7. The van der Waals surface area contributed by atoms with E-state index in [4.69, 9.17) is 23.7 Å². The molecule has 3 rings (SSSR count). The van der Waals surface area contributed by atoms with Crippen molar-refractivity contribution in [2.75, 3.05) is 35.5 Å². The van der Waals surface area contributed by atoms with Crippen molar-refractivity contribution in [2.24, 2.45) is 0 Å². The van der Waals surface area contributed by atoms with Crippen molar-refractivity contribution >= 4 is 30.0 Å². The van der Waals surface area contributed by atoms with E-state index in [0.717, 1.165) is 17.4 Å². The molecular formula is C33H38O9. The highest BCUT2D eigenvalue weighted by molar-refractivity contribution is 6.04. The number of benzene rings is 3. The molecule has 0 bridgehead atoms. The Balaban J connectivity index is 0.000000455. The number of aliphatic hydroxyl groups is 1. The number of Topliss-reactive ketones (excluding diaryl/α,β-unsaturated/α-hetero) is 1. The number of methoxy groups -OCH3 is 5. The lowest BCUT2D eigenvalue weighted by molar-refractivity contribution is -0.115. The Labute approximate surface area is 246 Å². The lowest BCUT2D eigenvalue weighted by Crippen LogP contribution is -1.92. The van der Waals surface area contributed by atoms with Crippen molar-refractivity contribution < 1.29 is 43.2 Å². The number of hydrogen-bond donors (Lipinski definition) is 1. The third-order valence-electron chi connectivity index (χ3n) is 5.31. The number of carbonyl (C=O) groups excluding carboxylic acids is 3. The first kappa shape index (κ1) is 35.1. The Hall–Kier alpha value is -4.89. The SMILES string of the molecule is CC(C)=O.COc1ccc(/C=C/C(=O)/C=C/c2ccc(OC)c(OC)c2)cc1CO.COc1ccc(C=O)cc1OC. The van der Waals surface area contributed by atoms with E-state index < -0.39 is 0 Å². The summed E-state index contributed by atoms with van der Waals surface area (Å²) in [5.41, 5.74) is 2.88. The van der Waals surface area contributed by atoms with Crippen molar-refractivity contribution in [3.05, 3.63) is 89.0 Å². The van der Waals surface area contributed by atoms with Gasteiger partial charge < -0.3 is 33.6 Å². The van der Waals surface area contributed by atoms with Crippen LogP contribution >= 0.6 is 0 Å². The maximum Gasteiger partial charge on any atom is 0.178 e. The van der Waals surface area contributed by atoms with Crippen LogP contribution in [0.3, 0.4) is 0 Å². The van der Waals surface area contributed by atoms with Gasteiger partial charge in [0.25, 0.3) is 0 Å². The molecule has 0 unspecified atom stereocenters. The first-order chi connectivity index (χ1) is 20.1. The normalized spacial score (nSPS) is 10.1. The average Bonchev–Trinajstić information content (AvgIpc) is 3.01. The molecule has 0 aliphatic heterocycles. The van der Waals surface area contributed by atoms with Gasteiger partial charge in [-0.05, 0) is 79.6 Å². The molecule has 0 aliphatic rings. The van der Waals surface area contributed by atoms with Crippen molar-refractivity contribution in [3.8, 4) is 28.7 Å². The molecular weight excluding hydrogens is 540 g/mol. The van der Waals surface area contributed by atoms with E-state index in [9.17, 15) is 19.5 Å². The van der Waals surface area contributed by atoms with Crippen LogP contribution in [-0.4, -0.2) is 58.5 Å². The predicted octanol–water partition coefficient (Wildman–Crippen LogP) is 5.61. The summed E-state index contributed by atoms with van der Waals surface area (Å²) < 4.78 is 25.6. The highest BCUT2D eigenvalue weighted by Gasteiger charge is 2.04. The molecule has 0 amide bonds. The van der Waals surface area contributed by atoms with Gasteiger partial charge in [-0.25, -0.2) is 0 Å². The number of rotatable bonds is 11. The van der Waals surface area contributed by atoms with Gasteiger partial charge in [0.1, 0.15) is 17.8 Å². The number of carbonyl (C=O) groups is 3. The zero-order chi connectivity index (χ0) is 31.5. The molecule has 224 valence electrons. The highest BCUT2D eigenvalue weighted by atomic mass is 16.5. The molecule has 0 saturated heterocycles. The lowest BCUT2D eigenvalue weighted by Gasteiger charge is -2.07. The maximum absolute atomic E-state index is 12.0. The van der Waals surface area contributed by atoms with Crippen LogP contribution in [0, 0.1) is 0 Å². The van der Waals surface area contributed by atoms with Crippen molar-refractivity contribution in [1.29, 1.82) is 0 Å². The highest BCUT2D eigenvalue weighted by Crippen LogP contribution is 2.28. The summed E-state index contributed by atoms with van der Waals surface area (Å²) in [6.45, 7) is 2.93. The van der Waals surface area contributed by atoms with Crippen LogP contribution in [0.2, 0.25) is 0 Å². The van der Waals surface area contributed by atoms with Crippen LogP contribution in [0.4, 0.5) is 0 Å². The molecule has 0 radical (unpaired) electrons. The van der Waals surface area contributed by atoms with Gasteiger partial charge in [0, 0.05) is 11.1 Å². The van der Waals surface area contributed by atoms with E-state index >= 15 is 0 Å². The fourth-order valence-electron chi connectivity index (χ4n) is 3.32. The molecule has 42 heavy (non-hydrogen) atoms. The van der Waals surface area contributed by atoms with Gasteiger partial charge in [0.2, 0.25) is 0 Å². The van der Waals surface area contributed by atoms with Crippen LogP contribution in [0.15, 0.2) is 66.7 Å². The summed E-state index contributed by atoms with van der Waals surface area (Å²) >= 11 is 0. The number of allylic oxidation sites excluding steroid dienone is 2. The Kier molecular flexibility index (Phi) is 16.1. The monoisotopic (exact) mass is 578 g/mol. The lowest BCUT2D eigenvalue weighted by atomic mass is 10.1. The molecule has 0 spiro atoms. The van der Waals surface area contributed by atoms with E-state index in [1.807, 2.05) is 12.1 Å². The van der Waals surface area contributed by atoms with E-state index in [0.29, 0.717) is 39.9 Å². The number of aldehydes is 1. The van der Waals surface area contributed by atoms with Crippen LogP contribution in [0.5, 0.6) is 28.7 Å². The number of hydrogen-bond acceptors (Lipinski definition) is 9.